The number of nitrogens with zero attached hydrogens (tertiary/aromatic N) is 2. The highest BCUT2D eigenvalue weighted by Gasteiger charge is 2.44. The van der Waals surface area contributed by atoms with Crippen LogP contribution in [0.15, 0.2) is 205 Å². The normalized spacial score (nSPS) is 13.1. The predicted molar refractivity (Wildman–Crippen MR) is 315 cm³/mol. The highest BCUT2D eigenvalue weighted by molar-refractivity contribution is 7.17. The highest BCUT2D eigenvalue weighted by atomic mass is 32.1. The van der Waals surface area contributed by atoms with Gasteiger partial charge in [-0.3, -0.25) is 0 Å². The lowest BCUT2D eigenvalue weighted by Crippen LogP contribution is -2.61. The van der Waals surface area contributed by atoms with E-state index in [4.69, 9.17) is 0 Å². The summed E-state index contributed by atoms with van der Waals surface area (Å²) in [5, 5.41) is 6.98. The van der Waals surface area contributed by atoms with Crippen LogP contribution in [0.2, 0.25) is 0 Å². The number of benzene rings is 9. The zero-order chi connectivity index (χ0) is 49.0. The van der Waals surface area contributed by atoms with Gasteiger partial charge in [-0.05, 0) is 179 Å². The summed E-state index contributed by atoms with van der Waals surface area (Å²) in [6, 6.07) is 74.4. The van der Waals surface area contributed by atoms with Crippen molar-refractivity contribution in [1.82, 2.24) is 0 Å². The summed E-state index contributed by atoms with van der Waals surface area (Å²) in [7, 11) is 0. The van der Waals surface area contributed by atoms with Gasteiger partial charge in [0.15, 0.2) is 0 Å². The molecule has 0 unspecified atom stereocenters. The fourth-order valence-corrected chi connectivity index (χ4v) is 13.0. The lowest BCUT2D eigenvalue weighted by molar-refractivity contribution is 0.590. The van der Waals surface area contributed by atoms with Crippen molar-refractivity contribution in [2.45, 2.75) is 59.3 Å². The van der Waals surface area contributed by atoms with E-state index < -0.39 is 0 Å². The Morgan fingerprint density at radius 1 is 0.361 bits per heavy atom. The summed E-state index contributed by atoms with van der Waals surface area (Å²) in [5.74, 6) is 0. The fourth-order valence-electron chi connectivity index (χ4n) is 11.4. The predicted octanol–water partition coefficient (Wildman–Crippen LogP) is 17.8. The lowest BCUT2D eigenvalue weighted by atomic mass is 9.33. The number of rotatable bonds is 6. The molecule has 0 radical (unpaired) electrons. The van der Waals surface area contributed by atoms with E-state index in [0.29, 0.717) is 0 Å². The molecule has 0 amide bonds. The maximum absolute atomic E-state index is 2.61. The van der Waals surface area contributed by atoms with Crippen LogP contribution >= 0.6 is 22.7 Å². The molecule has 0 fully saturated rings. The summed E-state index contributed by atoms with van der Waals surface area (Å²) in [5.41, 5.74) is 24.6. The van der Waals surface area contributed by atoms with Crippen molar-refractivity contribution in [3.8, 4) is 44.5 Å². The molecule has 0 bridgehead atoms. The van der Waals surface area contributed by atoms with E-state index in [1.807, 2.05) is 22.7 Å². The van der Waals surface area contributed by atoms with Gasteiger partial charge in [-0.1, -0.05) is 163 Å². The molecular weight excluding hydrogens is 908 g/mol. The molecule has 0 saturated carbocycles. The Bertz CT molecular complexity index is 3670. The summed E-state index contributed by atoms with van der Waals surface area (Å²) in [4.78, 5) is 5.22. The van der Waals surface area contributed by atoms with Crippen LogP contribution in [0.3, 0.4) is 0 Å². The Kier molecular flexibility index (Phi) is 10.4. The third-order valence-corrected chi connectivity index (χ3v) is 16.9. The average Bonchev–Trinajstić information content (AvgIpc) is 4.08. The third kappa shape index (κ3) is 7.44. The molecule has 2 aliphatic rings. The van der Waals surface area contributed by atoms with Crippen molar-refractivity contribution in [2.75, 3.05) is 9.80 Å². The maximum Gasteiger partial charge on any atom is 0.252 e. The van der Waals surface area contributed by atoms with Crippen molar-refractivity contribution >= 4 is 100 Å². The second-order valence-electron chi connectivity index (χ2n) is 21.9. The van der Waals surface area contributed by atoms with E-state index in [1.165, 1.54) is 132 Å². The van der Waals surface area contributed by atoms with E-state index in [-0.39, 0.29) is 17.5 Å². The smallest absolute Gasteiger partial charge is 0.252 e. The van der Waals surface area contributed by atoms with Crippen LogP contribution in [0.25, 0.3) is 64.7 Å². The second kappa shape index (κ2) is 16.8. The number of hydrogen-bond donors (Lipinski definition) is 0. The molecule has 11 aromatic rings. The molecule has 9 aromatic carbocycles. The Morgan fingerprint density at radius 3 is 1.19 bits per heavy atom. The standard InChI is InChI=1S/C67H55BN2S2/c1-42-34-61-65-62(35-42)70(58-29-25-52(67(5,6)7)41-54(58)44-16-12-9-13-17-44)60-27-23-48(50-21-19-46-31-33-72-64(46)39-50)37-56(60)68(65)55-36-47(49-20-18-45-30-32-71-63(45)38-49)22-26-59(55)69(61)57-28-24-51(66(2,3)4)40-53(57)43-14-10-8-11-15-43/h8-41H,1-7H3. The molecule has 2 aliphatic heterocycles. The fraction of sp³-hybridized carbons (Fsp3) is 0.134. The topological polar surface area (TPSA) is 6.48 Å². The van der Waals surface area contributed by atoms with Crippen molar-refractivity contribution in [3.63, 3.8) is 0 Å². The van der Waals surface area contributed by atoms with Gasteiger partial charge in [0.1, 0.15) is 0 Å². The number of anilines is 6. The number of aryl methyl sites for hydroxylation is 1. The molecule has 2 aromatic heterocycles. The minimum atomic E-state index is -0.0769. The van der Waals surface area contributed by atoms with Gasteiger partial charge in [0.05, 0.1) is 11.4 Å². The summed E-state index contributed by atoms with van der Waals surface area (Å²) >= 11 is 3.62. The largest absolute Gasteiger partial charge is 0.311 e. The molecule has 348 valence electrons. The first-order valence-electron chi connectivity index (χ1n) is 25.2. The average molecular weight is 963 g/mol. The molecule has 2 nitrogen and oxygen atoms in total. The lowest BCUT2D eigenvalue weighted by Gasteiger charge is -2.45. The quantitative estimate of drug-likeness (QED) is 0.153. The Morgan fingerprint density at radius 2 is 0.764 bits per heavy atom. The molecule has 0 atom stereocenters. The molecule has 0 aliphatic carbocycles. The van der Waals surface area contributed by atoms with Gasteiger partial charge in [0.25, 0.3) is 6.71 Å². The van der Waals surface area contributed by atoms with E-state index in [2.05, 4.69) is 263 Å². The van der Waals surface area contributed by atoms with Gasteiger partial charge in [-0.15, -0.1) is 22.7 Å². The molecule has 4 heterocycles. The third-order valence-electron chi connectivity index (χ3n) is 15.2. The molecular formula is C67H55BN2S2. The molecule has 72 heavy (non-hydrogen) atoms. The zero-order valence-electron chi connectivity index (χ0n) is 41.9. The van der Waals surface area contributed by atoms with Crippen LogP contribution in [-0.2, 0) is 10.8 Å². The maximum atomic E-state index is 2.61. The Hall–Kier alpha value is -7.44. The van der Waals surface area contributed by atoms with Crippen LogP contribution in [-0.4, -0.2) is 6.71 Å². The van der Waals surface area contributed by atoms with E-state index in [9.17, 15) is 0 Å². The van der Waals surface area contributed by atoms with E-state index in [1.54, 1.807) is 0 Å². The van der Waals surface area contributed by atoms with Gasteiger partial charge < -0.3 is 9.80 Å². The zero-order valence-corrected chi connectivity index (χ0v) is 43.6. The minimum absolute atomic E-state index is 0.0387. The van der Waals surface area contributed by atoms with Crippen molar-refractivity contribution in [2.24, 2.45) is 0 Å². The van der Waals surface area contributed by atoms with E-state index in [0.717, 1.165) is 0 Å². The molecule has 0 N–H and O–H groups in total. The molecule has 13 rings (SSSR count). The molecule has 0 saturated heterocycles. The van der Waals surface area contributed by atoms with Gasteiger partial charge in [0.2, 0.25) is 0 Å². The van der Waals surface area contributed by atoms with Gasteiger partial charge in [-0.2, -0.15) is 0 Å². The number of fused-ring (bicyclic) bond motifs is 6. The Balaban J connectivity index is 1.14. The SMILES string of the molecule is Cc1cc2c3c(c1)N(c1ccc(C(C)(C)C)cc1-c1ccccc1)c1ccc(-c4ccc5ccsc5c4)cc1B3c1cc(-c3ccc4ccsc4c3)ccc1N2c1ccc(C(C)(C)C)cc1-c1ccccc1. The molecule has 0 spiro atoms. The van der Waals surface area contributed by atoms with Crippen molar-refractivity contribution in [1.29, 1.82) is 0 Å². The van der Waals surface area contributed by atoms with Crippen LogP contribution in [0.5, 0.6) is 0 Å². The van der Waals surface area contributed by atoms with Gasteiger partial charge in [0, 0.05) is 43.3 Å². The van der Waals surface area contributed by atoms with Crippen LogP contribution in [0.4, 0.5) is 34.1 Å². The monoisotopic (exact) mass is 962 g/mol. The minimum Gasteiger partial charge on any atom is -0.311 e. The highest BCUT2D eigenvalue weighted by Crippen LogP contribution is 2.50. The van der Waals surface area contributed by atoms with Crippen LogP contribution < -0.4 is 26.2 Å². The summed E-state index contributed by atoms with van der Waals surface area (Å²) < 4.78 is 2.61. The second-order valence-corrected chi connectivity index (χ2v) is 23.8. The van der Waals surface area contributed by atoms with Crippen LogP contribution in [0, 0.1) is 6.92 Å². The first kappa shape index (κ1) is 44.5. The molecule has 5 heteroatoms. The first-order chi connectivity index (χ1) is 34.9. The number of hydrogen-bond acceptors (Lipinski definition) is 4. The summed E-state index contributed by atoms with van der Waals surface area (Å²) in [6.07, 6.45) is 0. The van der Waals surface area contributed by atoms with Gasteiger partial charge >= 0.3 is 0 Å². The van der Waals surface area contributed by atoms with Gasteiger partial charge in [-0.25, -0.2) is 0 Å². The van der Waals surface area contributed by atoms with E-state index >= 15 is 0 Å². The summed E-state index contributed by atoms with van der Waals surface area (Å²) in [6.45, 7) is 16.1. The first-order valence-corrected chi connectivity index (χ1v) is 27.0. The van der Waals surface area contributed by atoms with Crippen LogP contribution in [0.1, 0.15) is 58.2 Å². The number of thiophene rings is 2. The van der Waals surface area contributed by atoms with Crippen molar-refractivity contribution < 1.29 is 0 Å². The van der Waals surface area contributed by atoms with Crippen molar-refractivity contribution in [3.05, 3.63) is 222 Å². The Labute approximate surface area is 432 Å².